The molecule has 0 spiro atoms. The molecular weight excluding hydrogens is 244 g/mol. The van der Waals surface area contributed by atoms with Gasteiger partial charge in [-0.05, 0) is 12.8 Å². The van der Waals surface area contributed by atoms with Crippen molar-refractivity contribution in [2.24, 2.45) is 5.92 Å². The van der Waals surface area contributed by atoms with Crippen molar-refractivity contribution in [3.63, 3.8) is 0 Å². The number of nitrogens with zero attached hydrogens (tertiary/aromatic N) is 3. The molecule has 6 nitrogen and oxygen atoms in total. The van der Waals surface area contributed by atoms with E-state index in [4.69, 9.17) is 4.52 Å². The number of hydrogen-bond acceptors (Lipinski definition) is 5. The van der Waals surface area contributed by atoms with E-state index in [0.717, 1.165) is 32.5 Å². The average molecular weight is 264 g/mol. The van der Waals surface area contributed by atoms with Crippen LogP contribution in [0.15, 0.2) is 4.52 Å². The van der Waals surface area contributed by atoms with Gasteiger partial charge < -0.3 is 14.7 Å². The van der Waals surface area contributed by atoms with Gasteiger partial charge in [-0.15, -0.1) is 0 Å². The predicted octanol–water partition coefficient (Wildman–Crippen LogP) is 1.08. The molecular formula is C13H20N4O2. The molecule has 0 bridgehead atoms. The lowest BCUT2D eigenvalue weighted by molar-refractivity contribution is -0.138. The summed E-state index contributed by atoms with van der Waals surface area (Å²) in [6.07, 6.45) is 1.95. The summed E-state index contributed by atoms with van der Waals surface area (Å²) in [6.45, 7) is 6.45. The minimum Gasteiger partial charge on any atom is -0.339 e. The van der Waals surface area contributed by atoms with Crippen LogP contribution in [0.3, 0.4) is 0 Å². The highest BCUT2D eigenvalue weighted by molar-refractivity contribution is 5.80. The SMILES string of the molecule is CC(C)c1nc(C2CCCN2C(=O)C2CNC2)no1. The van der Waals surface area contributed by atoms with Crippen LogP contribution < -0.4 is 5.32 Å². The van der Waals surface area contributed by atoms with Crippen LogP contribution in [0.25, 0.3) is 0 Å². The molecule has 1 atom stereocenters. The highest BCUT2D eigenvalue weighted by Gasteiger charge is 2.38. The van der Waals surface area contributed by atoms with E-state index < -0.39 is 0 Å². The summed E-state index contributed by atoms with van der Waals surface area (Å²) in [5.74, 6) is 1.92. The van der Waals surface area contributed by atoms with Crippen LogP contribution in [-0.4, -0.2) is 40.6 Å². The van der Waals surface area contributed by atoms with Gasteiger partial charge in [-0.1, -0.05) is 19.0 Å². The Morgan fingerprint density at radius 3 is 2.84 bits per heavy atom. The third kappa shape index (κ3) is 2.25. The van der Waals surface area contributed by atoms with Crippen molar-refractivity contribution in [3.05, 3.63) is 11.7 Å². The Bertz CT molecular complexity index is 467. The van der Waals surface area contributed by atoms with E-state index >= 15 is 0 Å². The van der Waals surface area contributed by atoms with E-state index in [2.05, 4.69) is 15.5 Å². The molecule has 0 aliphatic carbocycles. The number of rotatable bonds is 3. The molecule has 2 fully saturated rings. The van der Waals surface area contributed by atoms with Crippen LogP contribution in [0.5, 0.6) is 0 Å². The van der Waals surface area contributed by atoms with Gasteiger partial charge in [0, 0.05) is 25.6 Å². The number of aromatic nitrogens is 2. The molecule has 3 heterocycles. The third-order valence-electron chi connectivity index (χ3n) is 3.92. The van der Waals surface area contributed by atoms with Crippen LogP contribution in [0.2, 0.25) is 0 Å². The van der Waals surface area contributed by atoms with E-state index in [1.807, 2.05) is 18.7 Å². The van der Waals surface area contributed by atoms with Crippen LogP contribution >= 0.6 is 0 Å². The molecule has 2 aliphatic heterocycles. The van der Waals surface area contributed by atoms with E-state index in [-0.39, 0.29) is 23.8 Å². The van der Waals surface area contributed by atoms with Crippen LogP contribution in [0.1, 0.15) is 50.4 Å². The zero-order chi connectivity index (χ0) is 13.4. The first-order valence-electron chi connectivity index (χ1n) is 7.01. The number of carbonyl (C=O) groups excluding carboxylic acids is 1. The van der Waals surface area contributed by atoms with Gasteiger partial charge in [-0.3, -0.25) is 4.79 Å². The zero-order valence-electron chi connectivity index (χ0n) is 11.4. The second-order valence-corrected chi connectivity index (χ2v) is 5.69. The quantitative estimate of drug-likeness (QED) is 0.884. The van der Waals surface area contributed by atoms with Gasteiger partial charge in [-0.2, -0.15) is 4.98 Å². The van der Waals surface area contributed by atoms with E-state index in [9.17, 15) is 4.79 Å². The number of hydrogen-bond donors (Lipinski definition) is 1. The summed E-state index contributed by atoms with van der Waals surface area (Å²) < 4.78 is 5.26. The predicted molar refractivity (Wildman–Crippen MR) is 68.4 cm³/mol. The minimum absolute atomic E-state index is 0.00403. The normalized spacial score (nSPS) is 23.9. The fraction of sp³-hybridized carbons (Fsp3) is 0.769. The highest BCUT2D eigenvalue weighted by Crippen LogP contribution is 2.32. The van der Waals surface area contributed by atoms with E-state index in [1.165, 1.54) is 0 Å². The second-order valence-electron chi connectivity index (χ2n) is 5.69. The van der Waals surface area contributed by atoms with Gasteiger partial charge in [0.15, 0.2) is 5.82 Å². The number of carbonyl (C=O) groups is 1. The Morgan fingerprint density at radius 2 is 2.26 bits per heavy atom. The molecule has 1 amide bonds. The fourth-order valence-electron chi connectivity index (χ4n) is 2.61. The fourth-order valence-corrected chi connectivity index (χ4v) is 2.61. The lowest BCUT2D eigenvalue weighted by Crippen LogP contribution is -2.51. The van der Waals surface area contributed by atoms with Crippen LogP contribution in [0.4, 0.5) is 0 Å². The largest absolute Gasteiger partial charge is 0.339 e. The Hall–Kier alpha value is -1.43. The lowest BCUT2D eigenvalue weighted by Gasteiger charge is -2.32. The Labute approximate surface area is 112 Å². The van der Waals surface area contributed by atoms with Crippen molar-refractivity contribution in [1.82, 2.24) is 20.4 Å². The highest BCUT2D eigenvalue weighted by atomic mass is 16.5. The molecule has 2 saturated heterocycles. The minimum atomic E-state index is 0.00403. The molecule has 0 saturated carbocycles. The van der Waals surface area contributed by atoms with Crippen molar-refractivity contribution in [2.75, 3.05) is 19.6 Å². The molecule has 1 aromatic heterocycles. The van der Waals surface area contributed by atoms with E-state index in [0.29, 0.717) is 11.7 Å². The molecule has 2 aliphatic rings. The van der Waals surface area contributed by atoms with Crippen molar-refractivity contribution in [1.29, 1.82) is 0 Å². The van der Waals surface area contributed by atoms with Gasteiger partial charge in [0.2, 0.25) is 11.8 Å². The Kier molecular flexibility index (Phi) is 3.26. The van der Waals surface area contributed by atoms with Crippen molar-refractivity contribution in [3.8, 4) is 0 Å². The monoisotopic (exact) mass is 264 g/mol. The van der Waals surface area contributed by atoms with Gasteiger partial charge in [0.1, 0.15) is 0 Å². The second kappa shape index (κ2) is 4.92. The Balaban J connectivity index is 1.76. The number of likely N-dealkylation sites (tertiary alicyclic amines) is 1. The maximum Gasteiger partial charge on any atom is 0.229 e. The summed E-state index contributed by atoms with van der Waals surface area (Å²) in [7, 11) is 0. The molecule has 6 heteroatoms. The average Bonchev–Trinajstić information content (AvgIpc) is 2.95. The lowest BCUT2D eigenvalue weighted by atomic mass is 10.0. The zero-order valence-corrected chi connectivity index (χ0v) is 11.4. The summed E-state index contributed by atoms with van der Waals surface area (Å²) in [5.41, 5.74) is 0. The van der Waals surface area contributed by atoms with Crippen LogP contribution in [-0.2, 0) is 4.79 Å². The maximum atomic E-state index is 12.4. The molecule has 0 radical (unpaired) electrons. The molecule has 19 heavy (non-hydrogen) atoms. The van der Waals surface area contributed by atoms with Gasteiger partial charge in [0.05, 0.1) is 12.0 Å². The topological polar surface area (TPSA) is 71.3 Å². The maximum absolute atomic E-state index is 12.4. The molecule has 1 aromatic rings. The summed E-state index contributed by atoms with van der Waals surface area (Å²) in [4.78, 5) is 18.7. The first-order chi connectivity index (χ1) is 9.16. The third-order valence-corrected chi connectivity index (χ3v) is 3.92. The summed E-state index contributed by atoms with van der Waals surface area (Å²) >= 11 is 0. The summed E-state index contributed by atoms with van der Waals surface area (Å²) in [6, 6.07) is 0.00403. The molecule has 104 valence electrons. The van der Waals surface area contributed by atoms with Gasteiger partial charge in [-0.25, -0.2) is 0 Å². The standard InChI is InChI=1S/C13H20N4O2/c1-8(2)12-15-11(16-19-12)10-4-3-5-17(10)13(18)9-6-14-7-9/h8-10,14H,3-7H2,1-2H3. The molecule has 3 rings (SSSR count). The van der Waals surface area contributed by atoms with E-state index in [1.54, 1.807) is 0 Å². The van der Waals surface area contributed by atoms with Crippen molar-refractivity contribution < 1.29 is 9.32 Å². The smallest absolute Gasteiger partial charge is 0.229 e. The van der Waals surface area contributed by atoms with Gasteiger partial charge >= 0.3 is 0 Å². The number of nitrogens with one attached hydrogen (secondary N) is 1. The first kappa shape index (κ1) is 12.6. The molecule has 0 aromatic carbocycles. The first-order valence-corrected chi connectivity index (χ1v) is 7.01. The number of amides is 1. The molecule has 1 N–H and O–H groups in total. The van der Waals surface area contributed by atoms with Crippen LogP contribution in [0, 0.1) is 5.92 Å². The summed E-state index contributed by atoms with van der Waals surface area (Å²) in [5, 5.41) is 7.20. The van der Waals surface area contributed by atoms with Gasteiger partial charge in [0.25, 0.3) is 0 Å². The van der Waals surface area contributed by atoms with Crippen molar-refractivity contribution in [2.45, 2.75) is 38.6 Å². The Morgan fingerprint density at radius 1 is 1.47 bits per heavy atom. The van der Waals surface area contributed by atoms with Crippen molar-refractivity contribution >= 4 is 5.91 Å². The molecule has 1 unspecified atom stereocenters.